The highest BCUT2D eigenvalue weighted by atomic mass is 16.6. The number of anilines is 1. The van der Waals surface area contributed by atoms with Crippen molar-refractivity contribution >= 4 is 11.5 Å². The molecule has 0 aromatic heterocycles. The molecular weight excluding hydrogens is 294 g/mol. The largest absolute Gasteiger partial charge is 0.493 e. The number of benzene rings is 1. The minimum atomic E-state index is 0.0680. The van der Waals surface area contributed by atoms with Crippen molar-refractivity contribution in [3.8, 4) is 11.5 Å². The lowest BCUT2D eigenvalue weighted by Crippen LogP contribution is -2.18. The molecule has 1 saturated heterocycles. The summed E-state index contributed by atoms with van der Waals surface area (Å²) < 4.78 is 16.8. The number of Topliss-reactive ketones (excluding diaryl/α,β-unsaturated/α-hetero) is 1. The maximum absolute atomic E-state index is 11.8. The lowest BCUT2D eigenvalue weighted by molar-refractivity contribution is -0.114. The summed E-state index contributed by atoms with van der Waals surface area (Å²) in [6, 6.07) is 5.86. The van der Waals surface area contributed by atoms with Gasteiger partial charge in [0.15, 0.2) is 17.3 Å². The standard InChI is InChI=1S/C18H23NO4/c1-12-15(5-6-16(12)20)19(2)13-4-7-17(21-3)18(10-13)23-14-8-9-22-11-14/h4,7,10,14H,5-6,8-9,11H2,1-3H3. The van der Waals surface area contributed by atoms with Gasteiger partial charge in [0.1, 0.15) is 6.10 Å². The van der Waals surface area contributed by atoms with E-state index >= 15 is 0 Å². The molecular formula is C18H23NO4. The van der Waals surface area contributed by atoms with Gasteiger partial charge in [0.25, 0.3) is 0 Å². The Bertz CT molecular complexity index is 632. The van der Waals surface area contributed by atoms with Crippen molar-refractivity contribution in [2.75, 3.05) is 32.3 Å². The zero-order valence-electron chi connectivity index (χ0n) is 13.9. The van der Waals surface area contributed by atoms with Gasteiger partial charge in [-0.15, -0.1) is 0 Å². The normalized spacial score (nSPS) is 21.0. The molecule has 5 nitrogen and oxygen atoms in total. The highest BCUT2D eigenvalue weighted by molar-refractivity contribution is 5.98. The second-order valence-corrected chi connectivity index (χ2v) is 5.99. The molecule has 1 unspecified atom stereocenters. The maximum atomic E-state index is 11.8. The van der Waals surface area contributed by atoms with Crippen molar-refractivity contribution < 1.29 is 19.0 Å². The van der Waals surface area contributed by atoms with Crippen LogP contribution in [-0.2, 0) is 9.53 Å². The third kappa shape index (κ3) is 3.20. The third-order valence-electron chi connectivity index (χ3n) is 4.56. The van der Waals surface area contributed by atoms with Gasteiger partial charge in [-0.2, -0.15) is 0 Å². The van der Waals surface area contributed by atoms with E-state index in [0.717, 1.165) is 42.2 Å². The molecule has 1 aliphatic carbocycles. The Kier molecular flexibility index (Phi) is 4.57. The third-order valence-corrected chi connectivity index (χ3v) is 4.56. The Morgan fingerprint density at radius 1 is 1.26 bits per heavy atom. The van der Waals surface area contributed by atoms with Crippen LogP contribution < -0.4 is 14.4 Å². The minimum absolute atomic E-state index is 0.0680. The number of hydrogen-bond donors (Lipinski definition) is 0. The van der Waals surface area contributed by atoms with Gasteiger partial charge in [-0.3, -0.25) is 4.79 Å². The molecule has 1 aliphatic heterocycles. The summed E-state index contributed by atoms with van der Waals surface area (Å²) in [5.74, 6) is 1.66. The van der Waals surface area contributed by atoms with E-state index in [9.17, 15) is 4.79 Å². The molecule has 2 aliphatic rings. The molecule has 0 saturated carbocycles. The van der Waals surface area contributed by atoms with E-state index in [0.29, 0.717) is 18.8 Å². The van der Waals surface area contributed by atoms with Crippen LogP contribution in [0.25, 0.3) is 0 Å². The molecule has 3 rings (SSSR count). The second-order valence-electron chi connectivity index (χ2n) is 5.99. The summed E-state index contributed by atoms with van der Waals surface area (Å²) in [4.78, 5) is 13.8. The molecule has 0 radical (unpaired) electrons. The number of carbonyl (C=O) groups excluding carboxylic acids is 1. The molecule has 1 fully saturated rings. The van der Waals surface area contributed by atoms with Crippen LogP contribution in [0.5, 0.6) is 11.5 Å². The zero-order valence-corrected chi connectivity index (χ0v) is 13.9. The zero-order chi connectivity index (χ0) is 16.4. The lowest BCUT2D eigenvalue weighted by Gasteiger charge is -2.23. The number of allylic oxidation sites excluding steroid dienone is 2. The van der Waals surface area contributed by atoms with Crippen LogP contribution in [0.1, 0.15) is 26.2 Å². The van der Waals surface area contributed by atoms with Crippen LogP contribution in [0, 0.1) is 0 Å². The monoisotopic (exact) mass is 317 g/mol. The highest BCUT2D eigenvalue weighted by Gasteiger charge is 2.24. The van der Waals surface area contributed by atoms with Gasteiger partial charge in [-0.1, -0.05) is 0 Å². The fourth-order valence-corrected chi connectivity index (χ4v) is 3.09. The fraction of sp³-hybridized carbons (Fsp3) is 0.500. The van der Waals surface area contributed by atoms with Crippen LogP contribution in [0.3, 0.4) is 0 Å². The number of rotatable bonds is 5. The van der Waals surface area contributed by atoms with Gasteiger partial charge in [-0.25, -0.2) is 0 Å². The maximum Gasteiger partial charge on any atom is 0.163 e. The molecule has 1 aromatic rings. The second kappa shape index (κ2) is 6.62. The average Bonchev–Trinajstić information content (AvgIpc) is 3.18. The number of methoxy groups -OCH3 is 1. The van der Waals surface area contributed by atoms with Crippen LogP contribution >= 0.6 is 0 Å². The number of hydrogen-bond acceptors (Lipinski definition) is 5. The molecule has 0 amide bonds. The molecule has 1 heterocycles. The summed E-state index contributed by atoms with van der Waals surface area (Å²) >= 11 is 0. The number of ketones is 1. The number of nitrogens with zero attached hydrogens (tertiary/aromatic N) is 1. The predicted octanol–water partition coefficient (Wildman–Crippen LogP) is 2.94. The lowest BCUT2D eigenvalue weighted by atomic mass is 10.2. The molecule has 23 heavy (non-hydrogen) atoms. The Morgan fingerprint density at radius 2 is 2.09 bits per heavy atom. The van der Waals surface area contributed by atoms with Gasteiger partial charge in [0, 0.05) is 42.9 Å². The van der Waals surface area contributed by atoms with Crippen LogP contribution in [0.2, 0.25) is 0 Å². The van der Waals surface area contributed by atoms with Crippen molar-refractivity contribution in [2.45, 2.75) is 32.3 Å². The quantitative estimate of drug-likeness (QED) is 0.835. The molecule has 0 bridgehead atoms. The summed E-state index contributed by atoms with van der Waals surface area (Å²) in [7, 11) is 3.63. The first kappa shape index (κ1) is 15.9. The Morgan fingerprint density at radius 3 is 2.70 bits per heavy atom. The topological polar surface area (TPSA) is 48.0 Å². The first-order valence-electron chi connectivity index (χ1n) is 7.99. The summed E-state index contributed by atoms with van der Waals surface area (Å²) in [5.41, 5.74) is 2.93. The molecule has 0 spiro atoms. The van der Waals surface area contributed by atoms with Crippen molar-refractivity contribution in [3.63, 3.8) is 0 Å². The Hall–Kier alpha value is -2.01. The van der Waals surface area contributed by atoms with E-state index < -0.39 is 0 Å². The molecule has 5 heteroatoms. The SMILES string of the molecule is COc1ccc(N(C)C2=C(C)C(=O)CC2)cc1OC1CCOC1. The van der Waals surface area contributed by atoms with Gasteiger partial charge in [0.05, 0.1) is 20.3 Å². The smallest absolute Gasteiger partial charge is 0.163 e. The van der Waals surface area contributed by atoms with Crippen molar-refractivity contribution in [2.24, 2.45) is 0 Å². The summed E-state index contributed by atoms with van der Waals surface area (Å²) in [6.07, 6.45) is 2.35. The fourth-order valence-electron chi connectivity index (χ4n) is 3.09. The predicted molar refractivity (Wildman–Crippen MR) is 88.2 cm³/mol. The van der Waals surface area contributed by atoms with E-state index in [1.54, 1.807) is 7.11 Å². The van der Waals surface area contributed by atoms with Gasteiger partial charge >= 0.3 is 0 Å². The van der Waals surface area contributed by atoms with E-state index in [-0.39, 0.29) is 11.9 Å². The van der Waals surface area contributed by atoms with E-state index in [1.165, 1.54) is 0 Å². The summed E-state index contributed by atoms with van der Waals surface area (Å²) in [6.45, 7) is 3.25. The van der Waals surface area contributed by atoms with Crippen molar-refractivity contribution in [1.29, 1.82) is 0 Å². The highest BCUT2D eigenvalue weighted by Crippen LogP contribution is 2.36. The number of ether oxygens (including phenoxy) is 3. The van der Waals surface area contributed by atoms with Gasteiger partial charge in [0.2, 0.25) is 0 Å². The first-order valence-corrected chi connectivity index (χ1v) is 7.99. The number of carbonyl (C=O) groups is 1. The molecule has 124 valence electrons. The molecule has 1 atom stereocenters. The summed E-state index contributed by atoms with van der Waals surface area (Å²) in [5, 5.41) is 0. The van der Waals surface area contributed by atoms with E-state index in [4.69, 9.17) is 14.2 Å². The van der Waals surface area contributed by atoms with E-state index in [1.807, 2.05) is 32.2 Å². The Balaban J connectivity index is 1.86. The average molecular weight is 317 g/mol. The van der Waals surface area contributed by atoms with Crippen molar-refractivity contribution in [3.05, 3.63) is 29.5 Å². The van der Waals surface area contributed by atoms with Gasteiger partial charge < -0.3 is 19.1 Å². The minimum Gasteiger partial charge on any atom is -0.493 e. The van der Waals surface area contributed by atoms with Crippen LogP contribution in [0.4, 0.5) is 5.69 Å². The van der Waals surface area contributed by atoms with Crippen LogP contribution in [-0.4, -0.2) is 39.3 Å². The Labute approximate surface area is 136 Å². The van der Waals surface area contributed by atoms with E-state index in [2.05, 4.69) is 4.90 Å². The van der Waals surface area contributed by atoms with Crippen molar-refractivity contribution in [1.82, 2.24) is 0 Å². The van der Waals surface area contributed by atoms with Crippen LogP contribution in [0.15, 0.2) is 29.5 Å². The molecule has 1 aromatic carbocycles. The first-order chi connectivity index (χ1) is 11.1. The molecule has 0 N–H and O–H groups in total. The van der Waals surface area contributed by atoms with Gasteiger partial charge in [-0.05, 0) is 25.5 Å².